The zero-order chi connectivity index (χ0) is 14.7. The zero-order valence-corrected chi connectivity index (χ0v) is 12.1. The number of halogens is 4. The highest BCUT2D eigenvalue weighted by molar-refractivity contribution is 9.10. The standard InChI is InChI=1S/C10H12BrF3N2O2S/c11-7-2-3-9(8(15)6-7)16-19(17,18)5-1-4-10(12,13)14/h2-3,6,16H,1,4-5,15H2. The van der Waals surface area contributed by atoms with E-state index < -0.39 is 34.8 Å². The van der Waals surface area contributed by atoms with E-state index in [0.717, 1.165) is 0 Å². The van der Waals surface area contributed by atoms with Crippen molar-refractivity contribution in [3.8, 4) is 0 Å². The molecular weight excluding hydrogens is 349 g/mol. The molecule has 0 aliphatic carbocycles. The van der Waals surface area contributed by atoms with Crippen LogP contribution in [0.5, 0.6) is 0 Å². The maximum absolute atomic E-state index is 11.9. The van der Waals surface area contributed by atoms with Crippen molar-refractivity contribution < 1.29 is 21.6 Å². The van der Waals surface area contributed by atoms with Gasteiger partial charge in [-0.2, -0.15) is 13.2 Å². The predicted molar refractivity (Wildman–Crippen MR) is 71.3 cm³/mol. The third kappa shape index (κ3) is 6.15. The Bertz CT molecular complexity index is 546. The molecule has 3 N–H and O–H groups in total. The summed E-state index contributed by atoms with van der Waals surface area (Å²) in [6.45, 7) is 0. The van der Waals surface area contributed by atoms with E-state index in [1.165, 1.54) is 12.1 Å². The Morgan fingerprint density at radius 2 is 1.95 bits per heavy atom. The number of hydrogen-bond acceptors (Lipinski definition) is 3. The Balaban J connectivity index is 2.64. The summed E-state index contributed by atoms with van der Waals surface area (Å²) >= 11 is 3.16. The van der Waals surface area contributed by atoms with Gasteiger partial charge >= 0.3 is 6.18 Å². The monoisotopic (exact) mass is 360 g/mol. The Morgan fingerprint density at radius 3 is 2.47 bits per heavy atom. The number of anilines is 2. The average Bonchev–Trinajstić information content (AvgIpc) is 2.20. The highest BCUT2D eigenvalue weighted by Gasteiger charge is 2.27. The molecule has 4 nitrogen and oxygen atoms in total. The van der Waals surface area contributed by atoms with Crippen LogP contribution in [-0.4, -0.2) is 20.3 Å². The van der Waals surface area contributed by atoms with Gasteiger partial charge < -0.3 is 5.73 Å². The number of nitrogens with one attached hydrogen (secondary N) is 1. The molecule has 108 valence electrons. The third-order valence-corrected chi connectivity index (χ3v) is 4.00. The van der Waals surface area contributed by atoms with Crippen molar-refractivity contribution in [1.82, 2.24) is 0 Å². The minimum absolute atomic E-state index is 0.148. The molecule has 19 heavy (non-hydrogen) atoms. The summed E-state index contributed by atoms with van der Waals surface area (Å²) in [6, 6.07) is 4.50. The van der Waals surface area contributed by atoms with Gasteiger partial charge in [-0.25, -0.2) is 8.42 Å². The van der Waals surface area contributed by atoms with Crippen LogP contribution >= 0.6 is 15.9 Å². The van der Waals surface area contributed by atoms with Crippen LogP contribution in [-0.2, 0) is 10.0 Å². The Labute approximate surface area is 117 Å². The number of benzene rings is 1. The van der Waals surface area contributed by atoms with Crippen LogP contribution in [0.1, 0.15) is 12.8 Å². The van der Waals surface area contributed by atoms with Crippen LogP contribution in [0.25, 0.3) is 0 Å². The first-order valence-electron chi connectivity index (χ1n) is 5.21. The van der Waals surface area contributed by atoms with Crippen molar-refractivity contribution in [3.05, 3.63) is 22.7 Å². The summed E-state index contributed by atoms with van der Waals surface area (Å²) in [5.41, 5.74) is 5.93. The first-order valence-corrected chi connectivity index (χ1v) is 7.66. The first kappa shape index (κ1) is 16.1. The largest absolute Gasteiger partial charge is 0.397 e. The van der Waals surface area contributed by atoms with Gasteiger partial charge in [-0.3, -0.25) is 4.72 Å². The molecule has 1 aromatic rings. The molecular formula is C10H12BrF3N2O2S. The van der Waals surface area contributed by atoms with Gasteiger partial charge in [-0.15, -0.1) is 0 Å². The normalized spacial score (nSPS) is 12.4. The van der Waals surface area contributed by atoms with Crippen molar-refractivity contribution in [1.29, 1.82) is 0 Å². The molecule has 0 aliphatic rings. The van der Waals surface area contributed by atoms with Gasteiger partial charge in [0.2, 0.25) is 10.0 Å². The minimum atomic E-state index is -4.36. The number of nitrogen functional groups attached to an aromatic ring is 1. The molecule has 0 aromatic heterocycles. The smallest absolute Gasteiger partial charge is 0.389 e. The van der Waals surface area contributed by atoms with Gasteiger partial charge in [0.25, 0.3) is 0 Å². The Morgan fingerprint density at radius 1 is 1.32 bits per heavy atom. The molecule has 0 atom stereocenters. The van der Waals surface area contributed by atoms with E-state index in [-0.39, 0.29) is 11.4 Å². The zero-order valence-electron chi connectivity index (χ0n) is 9.67. The number of nitrogens with two attached hydrogens (primary N) is 1. The number of alkyl halides is 3. The molecule has 0 saturated carbocycles. The lowest BCUT2D eigenvalue weighted by atomic mass is 10.3. The van der Waals surface area contributed by atoms with Crippen molar-refractivity contribution in [3.63, 3.8) is 0 Å². The molecule has 0 heterocycles. The summed E-state index contributed by atoms with van der Waals surface area (Å²) in [4.78, 5) is 0. The van der Waals surface area contributed by atoms with Gasteiger partial charge in [-0.1, -0.05) is 15.9 Å². The van der Waals surface area contributed by atoms with Crippen molar-refractivity contribution in [2.24, 2.45) is 0 Å². The molecule has 0 radical (unpaired) electrons. The molecule has 0 bridgehead atoms. The number of sulfonamides is 1. The van der Waals surface area contributed by atoms with Crippen molar-refractivity contribution in [2.45, 2.75) is 19.0 Å². The lowest BCUT2D eigenvalue weighted by molar-refractivity contribution is -0.134. The molecule has 0 spiro atoms. The average molecular weight is 361 g/mol. The highest BCUT2D eigenvalue weighted by Crippen LogP contribution is 2.25. The minimum Gasteiger partial charge on any atom is -0.397 e. The molecule has 0 aliphatic heterocycles. The van der Waals surface area contributed by atoms with E-state index in [0.29, 0.717) is 4.47 Å². The summed E-state index contributed by atoms with van der Waals surface area (Å²) in [5.74, 6) is -0.609. The van der Waals surface area contributed by atoms with Crippen LogP contribution in [0, 0.1) is 0 Å². The molecule has 0 unspecified atom stereocenters. The quantitative estimate of drug-likeness (QED) is 0.792. The van der Waals surface area contributed by atoms with E-state index >= 15 is 0 Å². The Kier molecular flexibility index (Phi) is 5.08. The SMILES string of the molecule is Nc1cc(Br)ccc1NS(=O)(=O)CCCC(F)(F)F. The molecule has 1 aromatic carbocycles. The van der Waals surface area contributed by atoms with E-state index in [9.17, 15) is 21.6 Å². The van der Waals surface area contributed by atoms with E-state index in [1.807, 2.05) is 0 Å². The van der Waals surface area contributed by atoms with E-state index in [2.05, 4.69) is 20.7 Å². The highest BCUT2D eigenvalue weighted by atomic mass is 79.9. The van der Waals surface area contributed by atoms with E-state index in [1.54, 1.807) is 6.07 Å². The maximum Gasteiger partial charge on any atom is 0.389 e. The summed E-state index contributed by atoms with van der Waals surface area (Å²) in [7, 11) is -3.84. The molecule has 0 fully saturated rings. The van der Waals surface area contributed by atoms with Gasteiger partial charge in [0.15, 0.2) is 0 Å². The Hall–Kier alpha value is -0.960. The fourth-order valence-corrected chi connectivity index (χ4v) is 2.83. The molecule has 0 amide bonds. The molecule has 1 rings (SSSR count). The number of hydrogen-bond donors (Lipinski definition) is 2. The van der Waals surface area contributed by atoms with Gasteiger partial charge in [0, 0.05) is 10.9 Å². The van der Waals surface area contributed by atoms with Gasteiger partial charge in [-0.05, 0) is 24.6 Å². The predicted octanol–water partition coefficient (Wildman–Crippen LogP) is 3.12. The second kappa shape index (κ2) is 6.00. The summed E-state index contributed by atoms with van der Waals surface area (Å²) in [5, 5.41) is 0. The van der Waals surface area contributed by atoms with Crippen molar-refractivity contribution in [2.75, 3.05) is 16.2 Å². The number of rotatable bonds is 5. The van der Waals surface area contributed by atoms with Gasteiger partial charge in [0.1, 0.15) is 0 Å². The van der Waals surface area contributed by atoms with Crippen LogP contribution in [0.2, 0.25) is 0 Å². The second-order valence-electron chi connectivity index (χ2n) is 3.87. The summed E-state index contributed by atoms with van der Waals surface area (Å²) in [6.07, 6.45) is -5.98. The fourth-order valence-electron chi connectivity index (χ4n) is 1.31. The molecule has 0 saturated heterocycles. The first-order chi connectivity index (χ1) is 8.59. The summed E-state index contributed by atoms with van der Waals surface area (Å²) < 4.78 is 61.8. The van der Waals surface area contributed by atoms with Crippen LogP contribution in [0.15, 0.2) is 22.7 Å². The second-order valence-corrected chi connectivity index (χ2v) is 6.63. The van der Waals surface area contributed by atoms with Crippen molar-refractivity contribution >= 4 is 37.3 Å². The van der Waals surface area contributed by atoms with Gasteiger partial charge in [0.05, 0.1) is 17.1 Å². The van der Waals surface area contributed by atoms with E-state index in [4.69, 9.17) is 5.73 Å². The molecule has 9 heteroatoms. The lowest BCUT2D eigenvalue weighted by Crippen LogP contribution is -2.19. The lowest BCUT2D eigenvalue weighted by Gasteiger charge is -2.11. The maximum atomic E-state index is 11.9. The van der Waals surface area contributed by atoms with Crippen LogP contribution < -0.4 is 10.5 Å². The third-order valence-electron chi connectivity index (χ3n) is 2.15. The topological polar surface area (TPSA) is 72.2 Å². The van der Waals surface area contributed by atoms with Crippen LogP contribution in [0.3, 0.4) is 0 Å². The van der Waals surface area contributed by atoms with Crippen LogP contribution in [0.4, 0.5) is 24.5 Å². The fraction of sp³-hybridized carbons (Fsp3) is 0.400.